The quantitative estimate of drug-likeness (QED) is 0.163. The zero-order valence-electron chi connectivity index (χ0n) is 17.7. The number of carbonyl (C=O) groups is 1. The van der Waals surface area contributed by atoms with Gasteiger partial charge in [-0.05, 0) is 82.5 Å². The Balaban J connectivity index is 1.60. The zero-order valence-corrected chi connectivity index (χ0v) is 21.6. The van der Waals surface area contributed by atoms with Gasteiger partial charge < -0.3 is 9.47 Å². The minimum Gasteiger partial charge on any atom is -0.490 e. The maximum atomic E-state index is 12.1. The summed E-state index contributed by atoms with van der Waals surface area (Å²) in [6.07, 6.45) is 1.56. The zero-order chi connectivity index (χ0) is 23.6. The van der Waals surface area contributed by atoms with Crippen LogP contribution in [0.2, 0.25) is 10.0 Å². The van der Waals surface area contributed by atoms with E-state index in [4.69, 9.17) is 32.7 Å². The van der Waals surface area contributed by atoms with Gasteiger partial charge in [-0.2, -0.15) is 5.10 Å². The van der Waals surface area contributed by atoms with Crippen LogP contribution >= 0.6 is 50.9 Å². The van der Waals surface area contributed by atoms with Crippen LogP contribution in [0.3, 0.4) is 0 Å². The Morgan fingerprint density at radius 3 is 2.39 bits per heavy atom. The van der Waals surface area contributed by atoms with Crippen LogP contribution in [0, 0.1) is 0 Å². The molecule has 3 rings (SSSR count). The molecule has 0 aromatic heterocycles. The number of thioether (sulfide) groups is 1. The molecule has 172 valence electrons. The lowest BCUT2D eigenvalue weighted by Crippen LogP contribution is -2.19. The van der Waals surface area contributed by atoms with Crippen molar-refractivity contribution in [2.45, 2.75) is 18.4 Å². The average Bonchev–Trinajstić information content (AvgIpc) is 2.79. The summed E-state index contributed by atoms with van der Waals surface area (Å²) in [6, 6.07) is 18.4. The first kappa shape index (κ1) is 25.4. The van der Waals surface area contributed by atoms with Crippen LogP contribution in [0.5, 0.6) is 11.5 Å². The van der Waals surface area contributed by atoms with E-state index in [0.29, 0.717) is 39.2 Å². The van der Waals surface area contributed by atoms with Crippen LogP contribution in [0.1, 0.15) is 18.1 Å². The van der Waals surface area contributed by atoms with Gasteiger partial charge in [0.15, 0.2) is 11.5 Å². The highest BCUT2D eigenvalue weighted by molar-refractivity contribution is 9.10. The molecule has 0 aliphatic rings. The van der Waals surface area contributed by atoms with Crippen molar-refractivity contribution >= 4 is 63.0 Å². The van der Waals surface area contributed by atoms with Gasteiger partial charge in [0.25, 0.3) is 0 Å². The summed E-state index contributed by atoms with van der Waals surface area (Å²) in [6.45, 7) is 2.74. The smallest absolute Gasteiger partial charge is 0.250 e. The number of ether oxygens (including phenoxy) is 2. The van der Waals surface area contributed by atoms with E-state index < -0.39 is 0 Å². The molecular weight excluding hydrogens is 547 g/mol. The van der Waals surface area contributed by atoms with Crippen molar-refractivity contribution < 1.29 is 14.3 Å². The number of halogens is 3. The molecule has 1 N–H and O–H groups in total. The molecular formula is C24H21BrCl2N2O3S. The monoisotopic (exact) mass is 566 g/mol. The van der Waals surface area contributed by atoms with Gasteiger partial charge in [-0.3, -0.25) is 4.79 Å². The number of hydrogen-bond acceptors (Lipinski definition) is 5. The molecule has 0 saturated heterocycles. The summed E-state index contributed by atoms with van der Waals surface area (Å²) >= 11 is 16.8. The lowest BCUT2D eigenvalue weighted by atomic mass is 10.2. The van der Waals surface area contributed by atoms with E-state index in [1.165, 1.54) is 11.8 Å². The van der Waals surface area contributed by atoms with Gasteiger partial charge in [0.1, 0.15) is 6.61 Å². The number of nitrogens with one attached hydrogen (secondary N) is 1. The van der Waals surface area contributed by atoms with Crippen molar-refractivity contribution in [2.75, 3.05) is 12.4 Å². The number of hydrazone groups is 1. The number of benzene rings is 3. The van der Waals surface area contributed by atoms with E-state index in [9.17, 15) is 4.79 Å². The average molecular weight is 568 g/mol. The third-order valence-corrected chi connectivity index (χ3v) is 6.32. The maximum absolute atomic E-state index is 12.1. The number of nitrogens with zero attached hydrogens (tertiary/aromatic N) is 1. The molecule has 0 aliphatic carbocycles. The Kier molecular flexibility index (Phi) is 9.94. The molecule has 0 heterocycles. The van der Waals surface area contributed by atoms with Crippen LogP contribution in [0.4, 0.5) is 0 Å². The second kappa shape index (κ2) is 12.9. The van der Waals surface area contributed by atoms with Crippen molar-refractivity contribution in [3.05, 3.63) is 86.3 Å². The van der Waals surface area contributed by atoms with Gasteiger partial charge in [-0.15, -0.1) is 11.8 Å². The first-order valence-electron chi connectivity index (χ1n) is 9.98. The standard InChI is InChI=1S/C24H21BrCl2N2O3S/c1-2-31-22-12-17(11-21(25)24(22)32-14-16-3-5-18(26)6-4-16)13-28-29-23(30)15-33-20-9-7-19(27)8-10-20/h3-13H,2,14-15H2,1H3,(H,29,30)/b28-13-. The fourth-order valence-electron chi connectivity index (χ4n) is 2.69. The highest BCUT2D eigenvalue weighted by atomic mass is 79.9. The molecule has 0 spiro atoms. The highest BCUT2D eigenvalue weighted by Gasteiger charge is 2.12. The molecule has 33 heavy (non-hydrogen) atoms. The Labute approximate surface area is 215 Å². The van der Waals surface area contributed by atoms with Gasteiger partial charge in [-0.1, -0.05) is 35.3 Å². The van der Waals surface area contributed by atoms with Gasteiger partial charge in [0, 0.05) is 14.9 Å². The van der Waals surface area contributed by atoms with E-state index in [1.807, 2.05) is 55.5 Å². The summed E-state index contributed by atoms with van der Waals surface area (Å²) < 4.78 is 12.5. The summed E-state index contributed by atoms with van der Waals surface area (Å²) in [7, 11) is 0. The lowest BCUT2D eigenvalue weighted by Gasteiger charge is -2.14. The largest absolute Gasteiger partial charge is 0.490 e. The fraction of sp³-hybridized carbons (Fsp3) is 0.167. The Morgan fingerprint density at radius 1 is 1.06 bits per heavy atom. The Morgan fingerprint density at radius 2 is 1.73 bits per heavy atom. The van der Waals surface area contributed by atoms with E-state index in [2.05, 4.69) is 26.5 Å². The lowest BCUT2D eigenvalue weighted by molar-refractivity contribution is -0.118. The summed E-state index contributed by atoms with van der Waals surface area (Å²) in [4.78, 5) is 13.0. The van der Waals surface area contributed by atoms with Crippen LogP contribution in [-0.2, 0) is 11.4 Å². The fourth-order valence-corrected chi connectivity index (χ4v) is 4.21. The summed E-state index contributed by atoms with van der Waals surface area (Å²) in [5.41, 5.74) is 4.26. The molecule has 5 nitrogen and oxygen atoms in total. The van der Waals surface area contributed by atoms with Crippen molar-refractivity contribution in [3.63, 3.8) is 0 Å². The Hall–Kier alpha value is -2.19. The van der Waals surface area contributed by atoms with Crippen LogP contribution in [-0.4, -0.2) is 24.5 Å². The topological polar surface area (TPSA) is 59.9 Å². The normalized spacial score (nSPS) is 10.9. The van der Waals surface area contributed by atoms with Crippen molar-refractivity contribution in [2.24, 2.45) is 5.10 Å². The molecule has 0 fully saturated rings. The summed E-state index contributed by atoms with van der Waals surface area (Å²) in [5, 5.41) is 5.39. The van der Waals surface area contributed by atoms with Gasteiger partial charge in [0.2, 0.25) is 5.91 Å². The molecule has 9 heteroatoms. The molecule has 0 atom stereocenters. The van der Waals surface area contributed by atoms with Crippen molar-refractivity contribution in [1.29, 1.82) is 0 Å². The van der Waals surface area contributed by atoms with Crippen LogP contribution in [0.25, 0.3) is 0 Å². The van der Waals surface area contributed by atoms with E-state index >= 15 is 0 Å². The van der Waals surface area contributed by atoms with Crippen molar-refractivity contribution in [1.82, 2.24) is 5.43 Å². The van der Waals surface area contributed by atoms with E-state index in [1.54, 1.807) is 18.3 Å². The molecule has 0 radical (unpaired) electrons. The molecule has 3 aromatic rings. The maximum Gasteiger partial charge on any atom is 0.250 e. The van der Waals surface area contributed by atoms with E-state index in [0.717, 1.165) is 16.0 Å². The Bertz CT molecular complexity index is 1110. The van der Waals surface area contributed by atoms with Crippen LogP contribution in [0.15, 0.2) is 75.1 Å². The van der Waals surface area contributed by atoms with Gasteiger partial charge in [-0.25, -0.2) is 5.43 Å². The molecule has 1 amide bonds. The highest BCUT2D eigenvalue weighted by Crippen LogP contribution is 2.37. The third-order valence-electron chi connectivity index (χ3n) is 4.21. The molecule has 0 saturated carbocycles. The predicted octanol–water partition coefficient (Wildman–Crippen LogP) is 6.98. The second-order valence-corrected chi connectivity index (χ2v) is 9.49. The number of amides is 1. The van der Waals surface area contributed by atoms with Crippen molar-refractivity contribution in [3.8, 4) is 11.5 Å². The predicted molar refractivity (Wildman–Crippen MR) is 139 cm³/mol. The van der Waals surface area contributed by atoms with Gasteiger partial charge >= 0.3 is 0 Å². The minimum absolute atomic E-state index is 0.210. The number of hydrogen-bond donors (Lipinski definition) is 1. The first-order valence-corrected chi connectivity index (χ1v) is 12.5. The van der Waals surface area contributed by atoms with Crippen LogP contribution < -0.4 is 14.9 Å². The number of rotatable bonds is 10. The second-order valence-electron chi connectivity index (χ2n) is 6.71. The van der Waals surface area contributed by atoms with E-state index in [-0.39, 0.29) is 11.7 Å². The number of carbonyl (C=O) groups excluding carboxylic acids is 1. The molecule has 0 aliphatic heterocycles. The third kappa shape index (κ3) is 8.27. The molecule has 0 bridgehead atoms. The minimum atomic E-state index is -0.210. The van der Waals surface area contributed by atoms with Gasteiger partial charge in [0.05, 0.1) is 23.0 Å². The SMILES string of the molecule is CCOc1cc(/C=N\NC(=O)CSc2ccc(Cl)cc2)cc(Br)c1OCc1ccc(Cl)cc1. The first-order chi connectivity index (χ1) is 15.9. The molecule has 3 aromatic carbocycles. The molecule has 0 unspecified atom stereocenters. The summed E-state index contributed by atoms with van der Waals surface area (Å²) in [5.74, 6) is 1.20.